The van der Waals surface area contributed by atoms with E-state index in [1.54, 1.807) is 29.4 Å². The van der Waals surface area contributed by atoms with Gasteiger partial charge in [-0.3, -0.25) is 0 Å². The Morgan fingerprint density at radius 1 is 0.322 bits per heavy atom. The zero-order valence-electron chi connectivity index (χ0n) is 34.8. The summed E-state index contributed by atoms with van der Waals surface area (Å²) >= 11 is 79.1. The minimum absolute atomic E-state index is 0. The predicted molar refractivity (Wildman–Crippen MR) is 319 cm³/mol. The van der Waals surface area contributed by atoms with Crippen molar-refractivity contribution in [2.75, 3.05) is 108 Å². The first-order chi connectivity index (χ1) is 25.1. The van der Waals surface area contributed by atoms with Crippen LogP contribution in [0, 0.1) is 0 Å². The molecule has 0 unspecified atom stereocenters. The summed E-state index contributed by atoms with van der Waals surface area (Å²) in [6.07, 6.45) is 0. The first-order valence-corrected chi connectivity index (χ1v) is 24.6. The topological polar surface area (TPSA) is 124 Å². The fourth-order valence-corrected chi connectivity index (χ4v) is 3.71. The number of hydrogen-bond acceptors (Lipinski definition) is 20. The van der Waals surface area contributed by atoms with E-state index in [0.717, 1.165) is 23.0 Å². The molecule has 0 bridgehead atoms. The smallest absolute Gasteiger partial charge is 0.411 e. The molecule has 0 rings (SSSR count). The van der Waals surface area contributed by atoms with E-state index in [9.17, 15) is 0 Å². The molecule has 0 fully saturated rings. The predicted octanol–water partition coefficient (Wildman–Crippen LogP) is 4.15. The average Bonchev–Trinajstić information content (AvgIpc) is 3.03. The van der Waals surface area contributed by atoms with Gasteiger partial charge >= 0.3 is 56.0 Å². The Bertz CT molecular complexity index is 953. The van der Waals surface area contributed by atoms with E-state index in [2.05, 4.69) is 198 Å². The molecule has 59 heavy (non-hydrogen) atoms. The molecule has 337 valence electrons. The SMILES string of the molecule is CN(C)C(=S)[S-].CN(C)C(=S)[S-].CN(C)C(=S)[S-].CN(C)C(=S)[S-].CN(C)C(=S)[S-].CN(C)C(=S)[S-].NC(=S)SCCSC(N)=S.NC(=S)SCCSC(N)=S.[Mn+2].[Zn+2].[Zn+2]. The molecule has 0 saturated carbocycles. The first kappa shape index (κ1) is 89.0. The fraction of sp³-hybridized carbons (Fsp3) is 0.615. The van der Waals surface area contributed by atoms with Gasteiger partial charge in [0.2, 0.25) is 0 Å². The van der Waals surface area contributed by atoms with E-state index in [1.165, 1.54) is 47.0 Å². The van der Waals surface area contributed by atoms with Crippen molar-refractivity contribution in [3.05, 3.63) is 0 Å². The standard InChI is InChI=1S/2C4H8N2S4.6C3H7NS2.Mn.2Zn/c2*5-3(7)9-1-2-10-4(6)8;6*1-4(2)3(5)6;;;/h2*1-2H2,(H2,5,7)(H2,6,8);6*1-2H3,(H,5,6);;;/q;;;;;;;;3*+2/p-6. The molecule has 33 heteroatoms. The van der Waals surface area contributed by atoms with E-state index in [0.29, 0.717) is 43.2 Å². The van der Waals surface area contributed by atoms with Crippen LogP contribution >= 0.6 is 169 Å². The van der Waals surface area contributed by atoms with Gasteiger partial charge in [-0.05, 0) is 0 Å². The summed E-state index contributed by atoms with van der Waals surface area (Å²) in [4.78, 5) is 10.3. The normalized spacial score (nSPS) is 7.80. The Morgan fingerprint density at radius 2 is 0.390 bits per heavy atom. The van der Waals surface area contributed by atoms with Gasteiger partial charge in [-0.25, -0.2) is 0 Å². The van der Waals surface area contributed by atoms with Crippen LogP contribution in [0.2, 0.25) is 0 Å². The number of nitrogens with two attached hydrogens (primary N) is 4. The molecule has 0 aliphatic heterocycles. The number of nitrogens with zero attached hydrogens (tertiary/aromatic N) is 6. The Kier molecular flexibility index (Phi) is 95.8. The van der Waals surface area contributed by atoms with Gasteiger partial charge in [0.1, 0.15) is 17.3 Å². The van der Waals surface area contributed by atoms with Gasteiger partial charge in [0.25, 0.3) is 0 Å². The van der Waals surface area contributed by atoms with Gasteiger partial charge in [0, 0.05) is 108 Å². The van der Waals surface area contributed by atoms with E-state index in [1.807, 2.05) is 84.6 Å². The molecule has 0 aromatic rings. The van der Waals surface area contributed by atoms with E-state index in [4.69, 9.17) is 22.9 Å². The average molecular weight is 1330 g/mol. The van der Waals surface area contributed by atoms with Crippen LogP contribution < -0.4 is 22.9 Å². The van der Waals surface area contributed by atoms with Crippen molar-refractivity contribution in [1.82, 2.24) is 29.4 Å². The molecule has 0 atom stereocenters. The summed E-state index contributed by atoms with van der Waals surface area (Å²) < 4.78 is 4.96. The van der Waals surface area contributed by atoms with Crippen molar-refractivity contribution in [2.45, 2.75) is 0 Å². The molecule has 0 aromatic heterocycles. The molecule has 0 heterocycles. The quantitative estimate of drug-likeness (QED) is 0.132. The fourth-order valence-electron chi connectivity index (χ4n) is 0.569. The summed E-state index contributed by atoms with van der Waals surface area (Å²) in [6, 6.07) is 0. The second-order valence-electron chi connectivity index (χ2n) is 9.63. The van der Waals surface area contributed by atoms with Crippen molar-refractivity contribution in [2.24, 2.45) is 22.9 Å². The van der Waals surface area contributed by atoms with Crippen LogP contribution in [0.5, 0.6) is 0 Å². The second-order valence-corrected chi connectivity index (χ2v) is 23.2. The second kappa shape index (κ2) is 63.5. The zero-order valence-corrected chi connectivity index (χ0v) is 58.2. The van der Waals surface area contributed by atoms with Crippen LogP contribution in [0.15, 0.2) is 0 Å². The van der Waals surface area contributed by atoms with Gasteiger partial charge in [-0.1, -0.05) is 122 Å². The number of rotatable bonds is 6. The van der Waals surface area contributed by atoms with Crippen molar-refractivity contribution in [1.29, 1.82) is 0 Å². The van der Waals surface area contributed by atoms with Crippen molar-refractivity contribution in [3.63, 3.8) is 0 Å². The summed E-state index contributed by atoms with van der Waals surface area (Å²) in [5, 5.41) is 0. The monoisotopic (exact) mass is 1330 g/mol. The minimum Gasteiger partial charge on any atom is -0.411 e. The molecule has 0 amide bonds. The van der Waals surface area contributed by atoms with E-state index < -0.39 is 0 Å². The maximum atomic E-state index is 5.23. The van der Waals surface area contributed by atoms with Crippen LogP contribution in [0.25, 0.3) is 0 Å². The van der Waals surface area contributed by atoms with Gasteiger partial charge < -0.3 is 201 Å². The molecular weight excluding hydrogens is 1280 g/mol. The van der Waals surface area contributed by atoms with Crippen LogP contribution in [0.3, 0.4) is 0 Å². The molecule has 1 radical (unpaired) electrons. The van der Waals surface area contributed by atoms with E-state index >= 15 is 0 Å². The molecule has 0 aliphatic carbocycles. The summed E-state index contributed by atoms with van der Waals surface area (Å²) in [5.74, 6) is 3.49. The van der Waals surface area contributed by atoms with Crippen LogP contribution in [0.4, 0.5) is 0 Å². The third-order valence-electron chi connectivity index (χ3n) is 3.33. The van der Waals surface area contributed by atoms with Crippen LogP contribution in [-0.4, -0.2) is 180 Å². The largest absolute Gasteiger partial charge is 2.00 e. The van der Waals surface area contributed by atoms with Crippen molar-refractivity contribution in [3.8, 4) is 0 Å². The van der Waals surface area contributed by atoms with Crippen LogP contribution in [0.1, 0.15) is 0 Å². The molecular formula is C26H52MnN10S20Zn2. The Balaban J connectivity index is -0.0000000498. The molecule has 8 N–H and O–H groups in total. The van der Waals surface area contributed by atoms with Crippen LogP contribution in [-0.2, 0) is 132 Å². The Hall–Kier alpha value is 3.39. The molecule has 0 spiro atoms. The summed E-state index contributed by atoms with van der Waals surface area (Å²) in [5.41, 5.74) is 20.9. The molecule has 10 nitrogen and oxygen atoms in total. The maximum absolute atomic E-state index is 5.23. The maximum Gasteiger partial charge on any atom is 2.00 e. The van der Waals surface area contributed by atoms with Gasteiger partial charge in [0.15, 0.2) is 0 Å². The van der Waals surface area contributed by atoms with Gasteiger partial charge in [-0.2, -0.15) is 0 Å². The van der Waals surface area contributed by atoms with Crippen molar-refractivity contribution >= 4 is 288 Å². The zero-order chi connectivity index (χ0) is 46.9. The molecule has 0 aliphatic rings. The number of thiocarbonyl (C=S) groups is 10. The molecule has 0 aromatic carbocycles. The third kappa shape index (κ3) is 126. The van der Waals surface area contributed by atoms with E-state index in [-0.39, 0.29) is 56.0 Å². The molecule has 0 saturated heterocycles. The Morgan fingerprint density at radius 3 is 0.424 bits per heavy atom. The minimum atomic E-state index is 0. The number of thioether (sulfide) groups is 4. The van der Waals surface area contributed by atoms with Gasteiger partial charge in [0.05, 0.1) is 0 Å². The number of hydrogen-bond donors (Lipinski definition) is 4. The third-order valence-corrected chi connectivity index (χ3v) is 12.4. The Labute approximate surface area is 496 Å². The summed E-state index contributed by atoms with van der Waals surface area (Å²) in [6.45, 7) is 0. The summed E-state index contributed by atoms with van der Waals surface area (Å²) in [7, 11) is 21.9. The first-order valence-electron chi connectivity index (χ1n) is 14.1. The van der Waals surface area contributed by atoms with Gasteiger partial charge in [-0.15, -0.1) is 0 Å². The van der Waals surface area contributed by atoms with Crippen molar-refractivity contribution < 1.29 is 56.0 Å².